The van der Waals surface area contributed by atoms with E-state index in [4.69, 9.17) is 0 Å². The van der Waals surface area contributed by atoms with E-state index in [0.717, 1.165) is 6.07 Å². The molecule has 0 amide bonds. The summed E-state index contributed by atoms with van der Waals surface area (Å²) in [6.45, 7) is 0.232. The highest BCUT2D eigenvalue weighted by Crippen LogP contribution is 2.27. The van der Waals surface area contributed by atoms with E-state index in [1.807, 2.05) is 0 Å². The first kappa shape index (κ1) is 14.3. The Morgan fingerprint density at radius 3 is 2.53 bits per heavy atom. The summed E-state index contributed by atoms with van der Waals surface area (Å²) in [5.74, 6) is -1.95. The summed E-state index contributed by atoms with van der Waals surface area (Å²) in [5.41, 5.74) is -0.289. The fourth-order valence-electron chi connectivity index (χ4n) is 1.08. The number of benzene rings is 1. The molecule has 4 nitrogen and oxygen atoms in total. The van der Waals surface area contributed by atoms with E-state index in [1.54, 1.807) is 7.05 Å². The molecule has 0 unspecified atom stereocenters. The summed E-state index contributed by atoms with van der Waals surface area (Å²) in [4.78, 5) is 0. The van der Waals surface area contributed by atoms with Gasteiger partial charge in [-0.2, -0.15) is 0 Å². The highest BCUT2D eigenvalue weighted by molar-refractivity contribution is 9.10. The predicted molar refractivity (Wildman–Crippen MR) is 65.4 cm³/mol. The molecule has 0 saturated heterocycles. The van der Waals surface area contributed by atoms with E-state index in [2.05, 4.69) is 26.0 Å². The quantitative estimate of drug-likeness (QED) is 0.864. The lowest BCUT2D eigenvalue weighted by molar-refractivity contribution is 0.581. The predicted octanol–water partition coefficient (Wildman–Crippen LogP) is 1.69. The van der Waals surface area contributed by atoms with Crippen molar-refractivity contribution in [3.8, 4) is 0 Å². The van der Waals surface area contributed by atoms with Crippen molar-refractivity contribution in [3.63, 3.8) is 0 Å². The Balaban J connectivity index is 2.96. The Morgan fingerprint density at radius 1 is 1.35 bits per heavy atom. The average Bonchev–Trinajstić information content (AvgIpc) is 2.21. The molecule has 0 saturated carbocycles. The highest BCUT2D eigenvalue weighted by Gasteiger charge is 2.16. The second-order valence-electron chi connectivity index (χ2n) is 3.27. The van der Waals surface area contributed by atoms with Crippen LogP contribution in [0.2, 0.25) is 0 Å². The van der Waals surface area contributed by atoms with Gasteiger partial charge in [0, 0.05) is 17.1 Å². The molecule has 0 aromatic heterocycles. The van der Waals surface area contributed by atoms with Crippen molar-refractivity contribution in [1.29, 1.82) is 0 Å². The summed E-state index contributed by atoms with van der Waals surface area (Å²) < 4.78 is 51.2. The normalized spacial score (nSPS) is 11.5. The van der Waals surface area contributed by atoms with Gasteiger partial charge < -0.3 is 5.32 Å². The molecule has 0 radical (unpaired) electrons. The lowest BCUT2D eigenvalue weighted by atomic mass is 10.3. The number of rotatable bonds is 5. The largest absolute Gasteiger partial charge is 0.319 e. The zero-order valence-corrected chi connectivity index (χ0v) is 11.3. The van der Waals surface area contributed by atoms with Gasteiger partial charge in [0.1, 0.15) is 5.82 Å². The van der Waals surface area contributed by atoms with Crippen LogP contribution in [-0.2, 0) is 10.0 Å². The monoisotopic (exact) mass is 328 g/mol. The topological polar surface area (TPSA) is 58.2 Å². The van der Waals surface area contributed by atoms with E-state index >= 15 is 0 Å². The standard InChI is InChI=1S/C9H11BrF2N2O2S/c1-13-2-3-17(15,16)14-9-7(10)4-6(11)5-8(9)12/h4-5,13-14H,2-3H2,1H3. The van der Waals surface area contributed by atoms with Crippen molar-refractivity contribution in [2.24, 2.45) is 0 Å². The molecule has 0 aliphatic carbocycles. The molecule has 96 valence electrons. The highest BCUT2D eigenvalue weighted by atomic mass is 79.9. The fourth-order valence-corrected chi connectivity index (χ4v) is 2.81. The Morgan fingerprint density at radius 2 is 2.00 bits per heavy atom. The van der Waals surface area contributed by atoms with Crippen LogP contribution in [0.3, 0.4) is 0 Å². The van der Waals surface area contributed by atoms with Gasteiger partial charge in [0.15, 0.2) is 5.82 Å². The van der Waals surface area contributed by atoms with Gasteiger partial charge in [-0.3, -0.25) is 4.72 Å². The molecule has 17 heavy (non-hydrogen) atoms. The maximum absolute atomic E-state index is 13.4. The van der Waals surface area contributed by atoms with Crippen LogP contribution in [0.15, 0.2) is 16.6 Å². The molecular weight excluding hydrogens is 318 g/mol. The smallest absolute Gasteiger partial charge is 0.234 e. The third-order valence-electron chi connectivity index (χ3n) is 1.89. The third kappa shape index (κ3) is 4.21. The Hall–Kier alpha value is -0.730. The van der Waals surface area contributed by atoms with Crippen LogP contribution in [0.4, 0.5) is 14.5 Å². The number of hydrogen-bond donors (Lipinski definition) is 2. The van der Waals surface area contributed by atoms with E-state index in [0.29, 0.717) is 6.07 Å². The average molecular weight is 329 g/mol. The molecule has 1 rings (SSSR count). The maximum Gasteiger partial charge on any atom is 0.234 e. The maximum atomic E-state index is 13.4. The summed E-state index contributed by atoms with van der Waals surface area (Å²) in [6, 6.07) is 1.60. The molecule has 0 aliphatic rings. The van der Waals surface area contributed by atoms with Gasteiger partial charge in [0.25, 0.3) is 0 Å². The zero-order valence-electron chi connectivity index (χ0n) is 8.93. The number of nitrogens with one attached hydrogen (secondary N) is 2. The van der Waals surface area contributed by atoms with Gasteiger partial charge in [-0.1, -0.05) is 0 Å². The van der Waals surface area contributed by atoms with Gasteiger partial charge >= 0.3 is 0 Å². The SMILES string of the molecule is CNCCS(=O)(=O)Nc1c(F)cc(F)cc1Br. The van der Waals surface area contributed by atoms with Crippen molar-refractivity contribution < 1.29 is 17.2 Å². The van der Waals surface area contributed by atoms with Crippen LogP contribution >= 0.6 is 15.9 Å². The first-order valence-electron chi connectivity index (χ1n) is 4.65. The van der Waals surface area contributed by atoms with Crippen LogP contribution in [0.25, 0.3) is 0 Å². The van der Waals surface area contributed by atoms with E-state index in [1.165, 1.54) is 0 Å². The summed E-state index contributed by atoms with van der Waals surface area (Å²) in [6.07, 6.45) is 0. The molecule has 0 heterocycles. The lowest BCUT2D eigenvalue weighted by Gasteiger charge is -2.10. The van der Waals surface area contributed by atoms with Gasteiger partial charge in [-0.15, -0.1) is 0 Å². The molecule has 0 aliphatic heterocycles. The lowest BCUT2D eigenvalue weighted by Crippen LogP contribution is -2.25. The summed E-state index contributed by atoms with van der Waals surface area (Å²) in [5, 5.41) is 2.66. The Kier molecular flexibility index (Phi) is 4.84. The molecule has 0 atom stereocenters. The van der Waals surface area contributed by atoms with E-state index < -0.39 is 21.7 Å². The minimum atomic E-state index is -3.66. The number of anilines is 1. The van der Waals surface area contributed by atoms with Crippen molar-refractivity contribution in [2.75, 3.05) is 24.1 Å². The first-order valence-corrected chi connectivity index (χ1v) is 7.10. The van der Waals surface area contributed by atoms with Crippen LogP contribution in [0.1, 0.15) is 0 Å². The third-order valence-corrected chi connectivity index (χ3v) is 3.77. The zero-order chi connectivity index (χ0) is 13.1. The molecule has 1 aromatic rings. The minimum Gasteiger partial charge on any atom is -0.319 e. The first-order chi connectivity index (χ1) is 7.85. The van der Waals surface area contributed by atoms with E-state index in [-0.39, 0.29) is 22.5 Å². The Bertz CT molecular complexity index is 485. The minimum absolute atomic E-state index is 0.0167. The summed E-state index contributed by atoms with van der Waals surface area (Å²) in [7, 11) is -2.06. The molecular formula is C9H11BrF2N2O2S. The van der Waals surface area contributed by atoms with Crippen molar-refractivity contribution >= 4 is 31.6 Å². The van der Waals surface area contributed by atoms with Crippen LogP contribution in [0.5, 0.6) is 0 Å². The molecule has 2 N–H and O–H groups in total. The van der Waals surface area contributed by atoms with Crippen LogP contribution in [0, 0.1) is 11.6 Å². The van der Waals surface area contributed by atoms with Crippen molar-refractivity contribution in [1.82, 2.24) is 5.32 Å². The molecule has 0 spiro atoms. The Labute approximate surface area is 107 Å². The molecule has 8 heteroatoms. The molecule has 0 fully saturated rings. The second-order valence-corrected chi connectivity index (χ2v) is 5.97. The number of sulfonamides is 1. The van der Waals surface area contributed by atoms with Gasteiger partial charge in [-0.25, -0.2) is 17.2 Å². The van der Waals surface area contributed by atoms with Gasteiger partial charge in [-0.05, 0) is 29.0 Å². The fraction of sp³-hybridized carbons (Fsp3) is 0.333. The van der Waals surface area contributed by atoms with Crippen molar-refractivity contribution in [3.05, 3.63) is 28.2 Å². The van der Waals surface area contributed by atoms with Crippen LogP contribution < -0.4 is 10.0 Å². The van der Waals surface area contributed by atoms with Crippen LogP contribution in [-0.4, -0.2) is 27.8 Å². The van der Waals surface area contributed by atoms with Gasteiger partial charge in [0.05, 0.1) is 11.4 Å². The second kappa shape index (κ2) is 5.74. The molecule has 0 bridgehead atoms. The molecule has 1 aromatic carbocycles. The van der Waals surface area contributed by atoms with E-state index in [9.17, 15) is 17.2 Å². The van der Waals surface area contributed by atoms with Crippen molar-refractivity contribution in [2.45, 2.75) is 0 Å². The summed E-state index contributed by atoms with van der Waals surface area (Å²) >= 11 is 2.90. The number of halogens is 3. The number of hydrogen-bond acceptors (Lipinski definition) is 3. The van der Waals surface area contributed by atoms with Gasteiger partial charge in [0.2, 0.25) is 10.0 Å².